The summed E-state index contributed by atoms with van der Waals surface area (Å²) in [5.74, 6) is -0.908. The normalized spacial score (nSPS) is 11.2. The first kappa shape index (κ1) is 32.4. The third-order valence-electron chi connectivity index (χ3n) is 7.19. The molecule has 0 aliphatic heterocycles. The van der Waals surface area contributed by atoms with Gasteiger partial charge in [0.05, 0.1) is 34.5 Å². The first-order valence-corrected chi connectivity index (χ1v) is 15.5. The lowest BCUT2D eigenvalue weighted by atomic mass is 9.91. The van der Waals surface area contributed by atoms with Gasteiger partial charge in [0, 0.05) is 30.0 Å². The second-order valence-electron chi connectivity index (χ2n) is 11.2. The summed E-state index contributed by atoms with van der Waals surface area (Å²) in [6, 6.07) is 13.8. The van der Waals surface area contributed by atoms with Gasteiger partial charge in [-0.25, -0.2) is 8.78 Å². The molecule has 5 aromatic rings. The third kappa shape index (κ3) is 7.45. The van der Waals surface area contributed by atoms with E-state index in [1.807, 2.05) is 13.8 Å². The van der Waals surface area contributed by atoms with E-state index in [0.29, 0.717) is 68.7 Å². The van der Waals surface area contributed by atoms with Gasteiger partial charge in [0.15, 0.2) is 0 Å². The van der Waals surface area contributed by atoms with Crippen LogP contribution in [0.1, 0.15) is 62.3 Å². The molecule has 0 fully saturated rings. The molecule has 3 heterocycles. The SMILES string of the molecule is COc1cc(F)cc(CNC(=O)c2ccc(-c3c(C(N)=O)c(CC(C)C)nc(CCc4ccc(F)cc4)c3-c3nnc(C)o3)s2)c1. The van der Waals surface area contributed by atoms with E-state index >= 15 is 0 Å². The van der Waals surface area contributed by atoms with E-state index in [1.165, 1.54) is 31.4 Å². The van der Waals surface area contributed by atoms with Crippen molar-refractivity contribution in [1.29, 1.82) is 0 Å². The van der Waals surface area contributed by atoms with Crippen molar-refractivity contribution < 1.29 is 27.5 Å². The van der Waals surface area contributed by atoms with Gasteiger partial charge in [-0.2, -0.15) is 0 Å². The first-order valence-electron chi connectivity index (χ1n) is 14.6. The maximum Gasteiger partial charge on any atom is 0.261 e. The van der Waals surface area contributed by atoms with Gasteiger partial charge in [-0.1, -0.05) is 26.0 Å². The molecule has 12 heteroatoms. The van der Waals surface area contributed by atoms with Crippen LogP contribution < -0.4 is 15.8 Å². The van der Waals surface area contributed by atoms with Gasteiger partial charge in [-0.3, -0.25) is 14.6 Å². The summed E-state index contributed by atoms with van der Waals surface area (Å²) in [5.41, 5.74) is 9.69. The van der Waals surface area contributed by atoms with Crippen LogP contribution in [0.2, 0.25) is 0 Å². The lowest BCUT2D eigenvalue weighted by Gasteiger charge is -2.19. The quantitative estimate of drug-likeness (QED) is 0.159. The number of carbonyl (C=O) groups excluding carboxylic acids is 2. The Kier molecular flexibility index (Phi) is 9.86. The molecule has 9 nitrogen and oxygen atoms in total. The van der Waals surface area contributed by atoms with E-state index in [2.05, 4.69) is 15.5 Å². The molecule has 0 spiro atoms. The number of aryl methyl sites for hydroxylation is 3. The number of methoxy groups -OCH3 is 1. The Hall–Kier alpha value is -4.97. The molecule has 238 valence electrons. The maximum atomic E-state index is 14.0. The number of benzene rings is 2. The Morgan fingerprint density at radius 2 is 1.72 bits per heavy atom. The molecule has 3 aromatic heterocycles. The lowest BCUT2D eigenvalue weighted by Crippen LogP contribution is -2.21. The number of hydrogen-bond acceptors (Lipinski definition) is 8. The molecule has 0 radical (unpaired) electrons. The van der Waals surface area contributed by atoms with E-state index in [1.54, 1.807) is 37.3 Å². The lowest BCUT2D eigenvalue weighted by molar-refractivity contribution is 0.0953. The highest BCUT2D eigenvalue weighted by Crippen LogP contribution is 2.42. The molecule has 0 aliphatic carbocycles. The van der Waals surface area contributed by atoms with Gasteiger partial charge in [0.25, 0.3) is 11.8 Å². The number of nitrogens with zero attached hydrogens (tertiary/aromatic N) is 3. The second-order valence-corrected chi connectivity index (χ2v) is 12.3. The zero-order chi connectivity index (χ0) is 33.0. The minimum Gasteiger partial charge on any atom is -0.497 e. The Morgan fingerprint density at radius 3 is 2.37 bits per heavy atom. The van der Waals surface area contributed by atoms with Gasteiger partial charge in [0.1, 0.15) is 17.4 Å². The molecule has 0 aliphatic rings. The maximum absolute atomic E-state index is 14.0. The van der Waals surface area contributed by atoms with Gasteiger partial charge in [-0.05, 0) is 72.7 Å². The van der Waals surface area contributed by atoms with Crippen molar-refractivity contribution in [3.8, 4) is 27.6 Å². The number of pyridine rings is 1. The highest BCUT2D eigenvalue weighted by Gasteiger charge is 2.29. The van der Waals surface area contributed by atoms with Crippen LogP contribution in [0.3, 0.4) is 0 Å². The zero-order valence-corrected chi connectivity index (χ0v) is 26.6. The summed E-state index contributed by atoms with van der Waals surface area (Å²) < 4.78 is 38.6. The van der Waals surface area contributed by atoms with Crippen molar-refractivity contribution in [2.24, 2.45) is 11.7 Å². The van der Waals surface area contributed by atoms with Crippen LogP contribution in [0.25, 0.3) is 21.9 Å². The molecule has 5 rings (SSSR count). The Balaban J connectivity index is 1.59. The van der Waals surface area contributed by atoms with E-state index in [-0.39, 0.29) is 35.6 Å². The summed E-state index contributed by atoms with van der Waals surface area (Å²) in [7, 11) is 1.44. The highest BCUT2D eigenvalue weighted by atomic mass is 32.1. The minimum absolute atomic E-state index is 0.0700. The van der Waals surface area contributed by atoms with Crippen molar-refractivity contribution in [2.75, 3.05) is 7.11 Å². The second kappa shape index (κ2) is 14.0. The standard InChI is InChI=1S/C34H33F2N5O4S/c1-18(2)13-26-29(32(37)42)31(27-11-12-28(46-27)33(43)38-17-21-14-23(36)16-24(15-21)44-4)30(34-41-40-19(3)45-34)25(39-26)10-7-20-5-8-22(35)9-6-20/h5-6,8-9,11-12,14-16,18H,7,10,13,17H2,1-4H3,(H2,37,42)(H,38,43). The fourth-order valence-electron chi connectivity index (χ4n) is 5.16. The Bertz CT molecular complexity index is 1890. The average Bonchev–Trinajstić information content (AvgIpc) is 3.68. The van der Waals surface area contributed by atoms with Crippen LogP contribution >= 0.6 is 11.3 Å². The number of carbonyl (C=O) groups is 2. The highest BCUT2D eigenvalue weighted by molar-refractivity contribution is 7.17. The third-order valence-corrected chi connectivity index (χ3v) is 8.30. The molecule has 3 N–H and O–H groups in total. The minimum atomic E-state index is -0.680. The van der Waals surface area contributed by atoms with E-state index in [0.717, 1.165) is 16.9 Å². The fourth-order valence-corrected chi connectivity index (χ4v) is 6.14. The molecular weight excluding hydrogens is 612 g/mol. The predicted molar refractivity (Wildman–Crippen MR) is 171 cm³/mol. The van der Waals surface area contributed by atoms with Gasteiger partial charge in [-0.15, -0.1) is 21.5 Å². The monoisotopic (exact) mass is 645 g/mol. The molecule has 0 atom stereocenters. The number of halogens is 2. The van der Waals surface area contributed by atoms with E-state index in [4.69, 9.17) is 19.9 Å². The van der Waals surface area contributed by atoms with E-state index < -0.39 is 11.7 Å². The fraction of sp³-hybridized carbons (Fsp3) is 0.265. The van der Waals surface area contributed by atoms with E-state index in [9.17, 15) is 18.4 Å². The number of hydrogen-bond donors (Lipinski definition) is 2. The van der Waals surface area contributed by atoms with Crippen LogP contribution in [0.4, 0.5) is 8.78 Å². The number of thiophene rings is 1. The molecule has 46 heavy (non-hydrogen) atoms. The topological polar surface area (TPSA) is 133 Å². The molecule has 0 unspecified atom stereocenters. The molecular formula is C34H33F2N5O4S. The van der Waals surface area contributed by atoms with Crippen molar-refractivity contribution in [1.82, 2.24) is 20.5 Å². The number of aromatic nitrogens is 3. The Labute approximate surface area is 268 Å². The van der Waals surface area contributed by atoms with Crippen molar-refractivity contribution in [2.45, 2.75) is 46.6 Å². The molecule has 2 amide bonds. The van der Waals surface area contributed by atoms with Gasteiger partial charge in [0.2, 0.25) is 11.8 Å². The van der Waals surface area contributed by atoms with Crippen molar-refractivity contribution in [3.63, 3.8) is 0 Å². The molecule has 0 bridgehead atoms. The summed E-state index contributed by atoms with van der Waals surface area (Å²) in [4.78, 5) is 32.3. The van der Waals surface area contributed by atoms with Crippen LogP contribution in [-0.2, 0) is 25.8 Å². The number of ether oxygens (including phenoxy) is 1. The number of nitrogens with one attached hydrogen (secondary N) is 1. The van der Waals surface area contributed by atoms with Crippen molar-refractivity contribution in [3.05, 3.63) is 105 Å². The molecule has 0 saturated carbocycles. The van der Waals surface area contributed by atoms with Crippen molar-refractivity contribution >= 4 is 23.2 Å². The number of rotatable bonds is 12. The number of primary amides is 1. The van der Waals surface area contributed by atoms with Crippen LogP contribution in [0, 0.1) is 24.5 Å². The average molecular weight is 646 g/mol. The number of nitrogens with two attached hydrogens (primary N) is 1. The van der Waals surface area contributed by atoms with Crippen LogP contribution in [0.5, 0.6) is 5.75 Å². The molecule has 2 aromatic carbocycles. The van der Waals surface area contributed by atoms with Crippen LogP contribution in [0.15, 0.2) is 59.0 Å². The summed E-state index contributed by atoms with van der Waals surface area (Å²) in [6.07, 6.45) is 1.40. The smallest absolute Gasteiger partial charge is 0.261 e. The summed E-state index contributed by atoms with van der Waals surface area (Å²) >= 11 is 1.16. The first-order chi connectivity index (χ1) is 22.0. The predicted octanol–water partition coefficient (Wildman–Crippen LogP) is 6.47. The largest absolute Gasteiger partial charge is 0.497 e. The molecule has 0 saturated heterocycles. The van der Waals surface area contributed by atoms with Gasteiger partial charge < -0.3 is 20.2 Å². The zero-order valence-electron chi connectivity index (χ0n) is 25.8. The summed E-state index contributed by atoms with van der Waals surface area (Å²) in [6.45, 7) is 5.76. The van der Waals surface area contributed by atoms with Crippen LogP contribution in [-0.4, -0.2) is 34.1 Å². The summed E-state index contributed by atoms with van der Waals surface area (Å²) in [5, 5.41) is 11.1. The van der Waals surface area contributed by atoms with Gasteiger partial charge >= 0.3 is 0 Å². The number of amides is 2. The Morgan fingerprint density at radius 1 is 0.957 bits per heavy atom.